The van der Waals surface area contributed by atoms with Crippen LogP contribution in [0.1, 0.15) is 38.2 Å². The number of halogens is 1. The molecule has 4 nitrogen and oxygen atoms in total. The summed E-state index contributed by atoms with van der Waals surface area (Å²) < 4.78 is 5.43. The minimum absolute atomic E-state index is 0.0494. The third-order valence-electron chi connectivity index (χ3n) is 3.71. The van der Waals surface area contributed by atoms with Crippen LogP contribution in [0.4, 0.5) is 0 Å². The maximum Gasteiger partial charge on any atom is 0.277 e. The van der Waals surface area contributed by atoms with Crippen LogP contribution in [0.3, 0.4) is 0 Å². The monoisotopic (exact) mass is 308 g/mol. The van der Waals surface area contributed by atoms with Crippen molar-refractivity contribution in [3.05, 3.63) is 28.8 Å². The second kappa shape index (κ2) is 7.46. The zero-order valence-corrected chi connectivity index (χ0v) is 13.2. The topological polar surface area (TPSA) is 50.7 Å². The molecule has 0 spiro atoms. The van der Waals surface area contributed by atoms with Gasteiger partial charge in [-0.25, -0.2) is 5.43 Å². The van der Waals surface area contributed by atoms with E-state index in [1.165, 1.54) is 6.42 Å². The van der Waals surface area contributed by atoms with Crippen LogP contribution in [-0.4, -0.2) is 18.2 Å². The van der Waals surface area contributed by atoms with Crippen molar-refractivity contribution in [2.45, 2.75) is 39.5 Å². The number of hydrogen-bond donors (Lipinski definition) is 1. The maximum absolute atomic E-state index is 11.7. The van der Waals surface area contributed by atoms with Crippen LogP contribution in [0.15, 0.2) is 23.3 Å². The Bertz CT molecular complexity index is 543. The predicted molar refractivity (Wildman–Crippen MR) is 84.9 cm³/mol. The molecule has 21 heavy (non-hydrogen) atoms. The number of benzene rings is 1. The standard InChI is InChI=1S/C16H21ClN2O2/c1-11-5-3-4-6-15(11)18-19-16(20)10-21-13-7-8-14(17)12(2)9-13/h7-9,11H,3-6,10H2,1-2H3,(H,19,20)/b18-15-/t11-/m1/s1. The first-order chi connectivity index (χ1) is 10.1. The van der Waals surface area contributed by atoms with E-state index in [-0.39, 0.29) is 12.5 Å². The second-order valence-electron chi connectivity index (χ2n) is 5.48. The van der Waals surface area contributed by atoms with E-state index in [1.807, 2.05) is 13.0 Å². The molecule has 0 heterocycles. The number of nitrogens with zero attached hydrogens (tertiary/aromatic N) is 1. The first-order valence-corrected chi connectivity index (χ1v) is 7.68. The molecule has 1 saturated carbocycles. The molecule has 0 aromatic heterocycles. The van der Waals surface area contributed by atoms with Crippen LogP contribution >= 0.6 is 11.6 Å². The van der Waals surface area contributed by atoms with Gasteiger partial charge in [-0.15, -0.1) is 0 Å². The van der Waals surface area contributed by atoms with Crippen molar-refractivity contribution in [2.75, 3.05) is 6.61 Å². The van der Waals surface area contributed by atoms with E-state index >= 15 is 0 Å². The molecule has 0 saturated heterocycles. The average Bonchev–Trinajstić information content (AvgIpc) is 2.47. The fraction of sp³-hybridized carbons (Fsp3) is 0.500. The molecule has 1 aromatic carbocycles. The SMILES string of the molecule is Cc1cc(OCC(=O)N/N=C2/CCCC[C@H]2C)ccc1Cl. The average molecular weight is 309 g/mol. The summed E-state index contributed by atoms with van der Waals surface area (Å²) in [5.74, 6) is 0.845. The lowest BCUT2D eigenvalue weighted by Gasteiger charge is -2.19. The molecular formula is C16H21ClN2O2. The summed E-state index contributed by atoms with van der Waals surface area (Å²) in [7, 11) is 0. The van der Waals surface area contributed by atoms with Crippen LogP contribution < -0.4 is 10.2 Å². The molecule has 1 N–H and O–H groups in total. The Morgan fingerprint density at radius 3 is 3.00 bits per heavy atom. The molecule has 1 aliphatic carbocycles. The summed E-state index contributed by atoms with van der Waals surface area (Å²) in [6.07, 6.45) is 4.51. The van der Waals surface area contributed by atoms with Gasteiger partial charge in [0.25, 0.3) is 5.91 Å². The summed E-state index contributed by atoms with van der Waals surface area (Å²) in [5.41, 5.74) is 4.58. The lowest BCUT2D eigenvalue weighted by atomic mass is 9.89. The smallest absolute Gasteiger partial charge is 0.277 e. The van der Waals surface area contributed by atoms with Gasteiger partial charge in [0.1, 0.15) is 5.75 Å². The van der Waals surface area contributed by atoms with Crippen molar-refractivity contribution in [1.29, 1.82) is 0 Å². The molecule has 0 aliphatic heterocycles. The van der Waals surface area contributed by atoms with Gasteiger partial charge in [-0.1, -0.05) is 24.9 Å². The molecular weight excluding hydrogens is 288 g/mol. The Kier molecular flexibility index (Phi) is 5.62. The lowest BCUT2D eigenvalue weighted by molar-refractivity contribution is -0.123. The summed E-state index contributed by atoms with van der Waals surface area (Å²) in [6, 6.07) is 5.32. The van der Waals surface area contributed by atoms with Crippen molar-refractivity contribution in [3.63, 3.8) is 0 Å². The van der Waals surface area contributed by atoms with E-state index in [1.54, 1.807) is 12.1 Å². The summed E-state index contributed by atoms with van der Waals surface area (Å²) >= 11 is 5.94. The van der Waals surface area contributed by atoms with Gasteiger partial charge < -0.3 is 4.74 Å². The lowest BCUT2D eigenvalue weighted by Crippen LogP contribution is -2.28. The zero-order chi connectivity index (χ0) is 15.2. The number of nitrogens with one attached hydrogen (secondary N) is 1. The molecule has 114 valence electrons. The van der Waals surface area contributed by atoms with E-state index in [4.69, 9.17) is 16.3 Å². The Hall–Kier alpha value is -1.55. The van der Waals surface area contributed by atoms with Crippen molar-refractivity contribution >= 4 is 23.2 Å². The van der Waals surface area contributed by atoms with Gasteiger partial charge in [0.05, 0.1) is 0 Å². The second-order valence-corrected chi connectivity index (χ2v) is 5.89. The number of hydrazone groups is 1. The molecule has 5 heteroatoms. The Morgan fingerprint density at radius 1 is 1.48 bits per heavy atom. The quantitative estimate of drug-likeness (QED) is 0.862. The Labute approximate surface area is 130 Å². The molecule has 2 rings (SSSR count). The maximum atomic E-state index is 11.7. The highest BCUT2D eigenvalue weighted by Crippen LogP contribution is 2.21. The van der Waals surface area contributed by atoms with Crippen LogP contribution in [0.25, 0.3) is 0 Å². The fourth-order valence-electron chi connectivity index (χ4n) is 2.36. The van der Waals surface area contributed by atoms with Gasteiger partial charge >= 0.3 is 0 Å². The molecule has 0 bridgehead atoms. The Balaban J connectivity index is 1.81. The first-order valence-electron chi connectivity index (χ1n) is 7.30. The zero-order valence-electron chi connectivity index (χ0n) is 12.5. The van der Waals surface area contributed by atoms with Crippen LogP contribution in [-0.2, 0) is 4.79 Å². The first kappa shape index (κ1) is 15.8. The minimum atomic E-state index is -0.243. The van der Waals surface area contributed by atoms with E-state index in [2.05, 4.69) is 17.5 Å². The highest BCUT2D eigenvalue weighted by Gasteiger charge is 2.16. The highest BCUT2D eigenvalue weighted by atomic mass is 35.5. The third kappa shape index (κ3) is 4.74. The van der Waals surface area contributed by atoms with Gasteiger partial charge in [0.15, 0.2) is 6.61 Å². The van der Waals surface area contributed by atoms with Crippen molar-refractivity contribution in [2.24, 2.45) is 11.0 Å². The number of carbonyl (C=O) groups excluding carboxylic acids is 1. The summed E-state index contributed by atoms with van der Waals surface area (Å²) in [5, 5.41) is 4.91. The van der Waals surface area contributed by atoms with Crippen LogP contribution in [0.5, 0.6) is 5.75 Å². The Morgan fingerprint density at radius 2 is 2.29 bits per heavy atom. The molecule has 1 atom stereocenters. The van der Waals surface area contributed by atoms with Crippen molar-refractivity contribution in [3.8, 4) is 5.75 Å². The van der Waals surface area contributed by atoms with Gasteiger partial charge in [-0.2, -0.15) is 5.10 Å². The molecule has 1 aromatic rings. The predicted octanol–water partition coefficient (Wildman–Crippen LogP) is 3.71. The van der Waals surface area contributed by atoms with Crippen LogP contribution in [0.2, 0.25) is 5.02 Å². The number of amides is 1. The molecule has 1 amide bonds. The fourth-order valence-corrected chi connectivity index (χ4v) is 2.48. The molecule has 1 fully saturated rings. The van der Waals surface area contributed by atoms with E-state index in [0.717, 1.165) is 30.5 Å². The van der Waals surface area contributed by atoms with Gasteiger partial charge in [0, 0.05) is 10.7 Å². The van der Waals surface area contributed by atoms with Gasteiger partial charge in [-0.3, -0.25) is 4.79 Å². The van der Waals surface area contributed by atoms with E-state index in [0.29, 0.717) is 16.7 Å². The number of rotatable bonds is 4. The van der Waals surface area contributed by atoms with Gasteiger partial charge in [-0.05, 0) is 55.9 Å². The number of aryl methyl sites for hydroxylation is 1. The third-order valence-corrected chi connectivity index (χ3v) is 4.14. The van der Waals surface area contributed by atoms with Crippen LogP contribution in [0, 0.1) is 12.8 Å². The normalized spacial score (nSPS) is 20.3. The summed E-state index contributed by atoms with van der Waals surface area (Å²) in [6.45, 7) is 4.00. The number of carbonyl (C=O) groups is 1. The van der Waals surface area contributed by atoms with E-state index in [9.17, 15) is 4.79 Å². The van der Waals surface area contributed by atoms with E-state index < -0.39 is 0 Å². The summed E-state index contributed by atoms with van der Waals surface area (Å²) in [4.78, 5) is 11.7. The highest BCUT2D eigenvalue weighted by molar-refractivity contribution is 6.31. The molecule has 1 aliphatic rings. The number of hydrogen-bond acceptors (Lipinski definition) is 3. The molecule has 0 radical (unpaired) electrons. The van der Waals surface area contributed by atoms with Crippen molar-refractivity contribution in [1.82, 2.24) is 5.43 Å². The van der Waals surface area contributed by atoms with Crippen molar-refractivity contribution < 1.29 is 9.53 Å². The molecule has 0 unspecified atom stereocenters. The van der Waals surface area contributed by atoms with Gasteiger partial charge in [0.2, 0.25) is 0 Å². The minimum Gasteiger partial charge on any atom is -0.484 e. The number of ether oxygens (including phenoxy) is 1. The largest absolute Gasteiger partial charge is 0.484 e.